The van der Waals surface area contributed by atoms with Crippen LogP contribution in [-0.4, -0.2) is 11.8 Å². The van der Waals surface area contributed by atoms with Gasteiger partial charge in [-0.3, -0.25) is 0 Å². The van der Waals surface area contributed by atoms with Crippen molar-refractivity contribution in [1.82, 2.24) is 0 Å². The summed E-state index contributed by atoms with van der Waals surface area (Å²) in [6, 6.07) is 10.3. The zero-order valence-electron chi connectivity index (χ0n) is 9.30. The number of halogens is 1. The molecule has 0 aliphatic heterocycles. The third-order valence-electron chi connectivity index (χ3n) is 2.32. The first kappa shape index (κ1) is 12.2. The van der Waals surface area contributed by atoms with Crippen LogP contribution in [0.2, 0.25) is 0 Å². The van der Waals surface area contributed by atoms with E-state index in [4.69, 9.17) is 10.2 Å². The van der Waals surface area contributed by atoms with Crippen LogP contribution >= 0.6 is 11.8 Å². The van der Waals surface area contributed by atoms with E-state index in [1.807, 2.05) is 12.1 Å². The summed E-state index contributed by atoms with van der Waals surface area (Å²) in [5.41, 5.74) is 5.99. The topological polar surface area (TPSA) is 39.2 Å². The highest BCUT2D eigenvalue weighted by Crippen LogP contribution is 2.19. The molecule has 2 rings (SSSR count). The summed E-state index contributed by atoms with van der Waals surface area (Å²) in [6.07, 6.45) is 2.37. The number of thioether (sulfide) groups is 1. The fraction of sp³-hybridized carbons (Fsp3) is 0.231. The Bertz CT molecular complexity index is 441. The van der Waals surface area contributed by atoms with Gasteiger partial charge in [0.25, 0.3) is 0 Å². The Morgan fingerprint density at radius 2 is 2.00 bits per heavy atom. The van der Waals surface area contributed by atoms with Gasteiger partial charge < -0.3 is 10.2 Å². The average molecular weight is 251 g/mol. The van der Waals surface area contributed by atoms with Crippen molar-refractivity contribution in [3.05, 3.63) is 54.2 Å². The lowest BCUT2D eigenvalue weighted by Gasteiger charge is -2.09. The molecule has 0 fully saturated rings. The van der Waals surface area contributed by atoms with Gasteiger partial charge in [-0.1, -0.05) is 0 Å². The highest BCUT2D eigenvalue weighted by Gasteiger charge is 2.07. The molecule has 0 saturated carbocycles. The Kier molecular flexibility index (Phi) is 4.23. The van der Waals surface area contributed by atoms with Gasteiger partial charge in [-0.25, -0.2) is 4.39 Å². The van der Waals surface area contributed by atoms with Crippen molar-refractivity contribution in [2.24, 2.45) is 5.73 Å². The highest BCUT2D eigenvalue weighted by atomic mass is 32.2. The Hall–Kier alpha value is -1.26. The predicted octanol–water partition coefficient (Wildman–Crippen LogP) is 3.08. The fourth-order valence-corrected chi connectivity index (χ4v) is 2.33. The van der Waals surface area contributed by atoms with Gasteiger partial charge in [0, 0.05) is 23.1 Å². The van der Waals surface area contributed by atoms with Crippen LogP contribution in [0.4, 0.5) is 4.39 Å². The van der Waals surface area contributed by atoms with Crippen LogP contribution in [0.15, 0.2) is 52.0 Å². The molecule has 0 saturated heterocycles. The van der Waals surface area contributed by atoms with Crippen LogP contribution in [0.5, 0.6) is 0 Å². The van der Waals surface area contributed by atoms with E-state index in [0.717, 1.165) is 22.8 Å². The molecule has 0 amide bonds. The van der Waals surface area contributed by atoms with Crippen molar-refractivity contribution in [3.63, 3.8) is 0 Å². The van der Waals surface area contributed by atoms with Crippen molar-refractivity contribution >= 4 is 11.8 Å². The maximum atomic E-state index is 12.7. The van der Waals surface area contributed by atoms with E-state index >= 15 is 0 Å². The summed E-state index contributed by atoms with van der Waals surface area (Å²) in [6.45, 7) is 0. The van der Waals surface area contributed by atoms with E-state index in [2.05, 4.69) is 0 Å². The summed E-state index contributed by atoms with van der Waals surface area (Å²) < 4.78 is 17.9. The SMILES string of the molecule is NC(CSc1ccc(F)cc1)Cc1ccco1. The molecule has 0 bridgehead atoms. The summed E-state index contributed by atoms with van der Waals surface area (Å²) in [5, 5.41) is 0. The molecule has 1 heterocycles. The molecule has 2 nitrogen and oxygen atoms in total. The lowest BCUT2D eigenvalue weighted by atomic mass is 10.2. The normalized spacial score (nSPS) is 12.6. The molecule has 1 aromatic heterocycles. The van der Waals surface area contributed by atoms with Gasteiger partial charge in [0.05, 0.1) is 6.26 Å². The summed E-state index contributed by atoms with van der Waals surface area (Å²) in [4.78, 5) is 1.03. The summed E-state index contributed by atoms with van der Waals surface area (Å²) in [7, 11) is 0. The second-order valence-corrected chi connectivity index (χ2v) is 4.90. The molecule has 1 atom stereocenters. The third-order valence-corrected chi connectivity index (χ3v) is 3.52. The monoisotopic (exact) mass is 251 g/mol. The molecule has 4 heteroatoms. The molecule has 2 aromatic rings. The second-order valence-electron chi connectivity index (χ2n) is 3.81. The van der Waals surface area contributed by atoms with Gasteiger partial charge >= 0.3 is 0 Å². The summed E-state index contributed by atoms with van der Waals surface area (Å²) >= 11 is 1.63. The first-order valence-corrected chi connectivity index (χ1v) is 6.39. The average Bonchev–Trinajstić information content (AvgIpc) is 2.81. The molecular weight excluding hydrogens is 237 g/mol. The van der Waals surface area contributed by atoms with E-state index in [1.165, 1.54) is 12.1 Å². The van der Waals surface area contributed by atoms with Gasteiger partial charge in [-0.05, 0) is 36.4 Å². The Morgan fingerprint density at radius 1 is 1.24 bits per heavy atom. The second kappa shape index (κ2) is 5.89. The fourth-order valence-electron chi connectivity index (χ4n) is 1.48. The van der Waals surface area contributed by atoms with Crippen LogP contribution in [0.25, 0.3) is 0 Å². The van der Waals surface area contributed by atoms with E-state index in [0.29, 0.717) is 0 Å². The van der Waals surface area contributed by atoms with Crippen LogP contribution in [-0.2, 0) is 6.42 Å². The minimum atomic E-state index is -0.214. The Morgan fingerprint density at radius 3 is 2.65 bits per heavy atom. The zero-order chi connectivity index (χ0) is 12.1. The molecule has 2 N–H and O–H groups in total. The number of nitrogens with two attached hydrogens (primary N) is 1. The molecule has 0 spiro atoms. The van der Waals surface area contributed by atoms with Crippen molar-refractivity contribution in [1.29, 1.82) is 0 Å². The molecule has 0 aliphatic rings. The Balaban J connectivity index is 1.79. The van der Waals surface area contributed by atoms with E-state index in [1.54, 1.807) is 30.2 Å². The lowest BCUT2D eigenvalue weighted by molar-refractivity contribution is 0.493. The minimum Gasteiger partial charge on any atom is -0.469 e. The summed E-state index contributed by atoms with van der Waals surface area (Å²) in [5.74, 6) is 1.47. The minimum absolute atomic E-state index is 0.0382. The van der Waals surface area contributed by atoms with Gasteiger partial charge in [-0.2, -0.15) is 0 Å². The molecular formula is C13H14FNOS. The van der Waals surface area contributed by atoms with E-state index < -0.39 is 0 Å². The molecule has 17 heavy (non-hydrogen) atoms. The molecule has 1 unspecified atom stereocenters. The molecule has 0 aliphatic carbocycles. The number of hydrogen-bond donors (Lipinski definition) is 1. The van der Waals surface area contributed by atoms with Crippen molar-refractivity contribution in [2.45, 2.75) is 17.4 Å². The van der Waals surface area contributed by atoms with Crippen molar-refractivity contribution in [2.75, 3.05) is 5.75 Å². The smallest absolute Gasteiger partial charge is 0.123 e. The van der Waals surface area contributed by atoms with Crippen LogP contribution in [0.1, 0.15) is 5.76 Å². The first-order chi connectivity index (χ1) is 8.24. The highest BCUT2D eigenvalue weighted by molar-refractivity contribution is 7.99. The van der Waals surface area contributed by atoms with Crippen LogP contribution < -0.4 is 5.73 Å². The van der Waals surface area contributed by atoms with Crippen LogP contribution in [0.3, 0.4) is 0 Å². The van der Waals surface area contributed by atoms with Crippen molar-refractivity contribution in [3.8, 4) is 0 Å². The van der Waals surface area contributed by atoms with Gasteiger partial charge in [0.1, 0.15) is 11.6 Å². The van der Waals surface area contributed by atoms with E-state index in [-0.39, 0.29) is 11.9 Å². The predicted molar refractivity (Wildman–Crippen MR) is 67.5 cm³/mol. The number of benzene rings is 1. The Labute approximate surface area is 104 Å². The third kappa shape index (κ3) is 3.91. The van der Waals surface area contributed by atoms with Crippen LogP contribution in [0, 0.1) is 5.82 Å². The molecule has 0 radical (unpaired) electrons. The van der Waals surface area contributed by atoms with Gasteiger partial charge in [-0.15, -0.1) is 11.8 Å². The van der Waals surface area contributed by atoms with E-state index in [9.17, 15) is 4.39 Å². The molecule has 90 valence electrons. The maximum Gasteiger partial charge on any atom is 0.123 e. The number of furan rings is 1. The van der Waals surface area contributed by atoms with Gasteiger partial charge in [0.15, 0.2) is 0 Å². The lowest BCUT2D eigenvalue weighted by Crippen LogP contribution is -2.25. The number of rotatable bonds is 5. The molecule has 1 aromatic carbocycles. The first-order valence-electron chi connectivity index (χ1n) is 5.40. The zero-order valence-corrected chi connectivity index (χ0v) is 10.1. The number of hydrogen-bond acceptors (Lipinski definition) is 3. The maximum absolute atomic E-state index is 12.7. The largest absolute Gasteiger partial charge is 0.469 e. The standard InChI is InChI=1S/C13H14FNOS/c14-10-3-5-13(6-4-10)17-9-11(15)8-12-2-1-7-16-12/h1-7,11H,8-9,15H2. The quantitative estimate of drug-likeness (QED) is 0.830. The van der Waals surface area contributed by atoms with Gasteiger partial charge in [0.2, 0.25) is 0 Å². The van der Waals surface area contributed by atoms with Crippen molar-refractivity contribution < 1.29 is 8.81 Å².